The molecule has 0 spiro atoms. The molecule has 0 atom stereocenters. The summed E-state index contributed by atoms with van der Waals surface area (Å²) in [6.07, 6.45) is 3.96. The molecule has 0 aliphatic heterocycles. The van der Waals surface area contributed by atoms with Gasteiger partial charge in [-0.05, 0) is 23.8 Å². The zero-order chi connectivity index (χ0) is 8.10. The van der Waals surface area contributed by atoms with E-state index in [0.717, 1.165) is 16.7 Å². The Balaban J connectivity index is 2.87. The van der Waals surface area contributed by atoms with Crippen molar-refractivity contribution in [3.63, 3.8) is 0 Å². The highest BCUT2D eigenvalue weighted by atomic mass is 32.1. The molecule has 11 heavy (non-hydrogen) atoms. The average molecular weight is 164 g/mol. The lowest BCUT2D eigenvalue weighted by Crippen LogP contribution is -1.71. The maximum absolute atomic E-state index is 9.96. The number of allylic oxidation sites excluding steroid dienone is 1. The molecule has 56 valence electrons. The molecule has 0 saturated heterocycles. The number of rotatable bonds is 2. The third-order valence-electron chi connectivity index (χ3n) is 1.24. The van der Waals surface area contributed by atoms with E-state index in [1.54, 1.807) is 6.08 Å². The monoisotopic (exact) mass is 164 g/mol. The van der Waals surface area contributed by atoms with Crippen molar-refractivity contribution in [1.82, 2.24) is 0 Å². The van der Waals surface area contributed by atoms with Gasteiger partial charge in [0.2, 0.25) is 0 Å². The lowest BCUT2D eigenvalue weighted by Gasteiger charge is -1.92. The number of hydrogen-bond acceptors (Lipinski definition) is 2. The molecule has 0 aliphatic carbocycles. The quantitative estimate of drug-likeness (QED) is 0.403. The first-order chi connectivity index (χ1) is 5.33. The highest BCUT2D eigenvalue weighted by Gasteiger charge is 1.85. The van der Waals surface area contributed by atoms with Crippen LogP contribution in [-0.4, -0.2) is 6.29 Å². The second-order valence-corrected chi connectivity index (χ2v) is 2.61. The molecule has 1 nitrogen and oxygen atoms in total. The standard InChI is InChI=1S/C9H8OS/c10-6-2-4-8-3-1-5-9(11)7-8/h1-7,11H. The van der Waals surface area contributed by atoms with Crippen molar-refractivity contribution in [2.75, 3.05) is 0 Å². The Morgan fingerprint density at radius 3 is 2.82 bits per heavy atom. The second-order valence-electron chi connectivity index (χ2n) is 2.09. The molecule has 0 aliphatic rings. The molecule has 0 radical (unpaired) electrons. The molecule has 0 unspecified atom stereocenters. The van der Waals surface area contributed by atoms with E-state index < -0.39 is 0 Å². The Morgan fingerprint density at radius 2 is 2.18 bits per heavy atom. The fraction of sp³-hybridized carbons (Fsp3) is 0. The lowest BCUT2D eigenvalue weighted by atomic mass is 10.2. The van der Waals surface area contributed by atoms with Crippen LogP contribution in [0.4, 0.5) is 0 Å². The van der Waals surface area contributed by atoms with Crippen LogP contribution in [0.3, 0.4) is 0 Å². The molecule has 1 aromatic carbocycles. The van der Waals surface area contributed by atoms with Gasteiger partial charge in [-0.25, -0.2) is 0 Å². The van der Waals surface area contributed by atoms with Crippen molar-refractivity contribution < 1.29 is 4.79 Å². The van der Waals surface area contributed by atoms with Crippen LogP contribution in [0.25, 0.3) is 6.08 Å². The molecular formula is C9H8OS. The fourth-order valence-electron chi connectivity index (χ4n) is 0.779. The van der Waals surface area contributed by atoms with Gasteiger partial charge in [0, 0.05) is 4.90 Å². The highest BCUT2D eigenvalue weighted by molar-refractivity contribution is 7.80. The van der Waals surface area contributed by atoms with Gasteiger partial charge in [-0.3, -0.25) is 4.79 Å². The van der Waals surface area contributed by atoms with Gasteiger partial charge in [0.05, 0.1) is 0 Å². The van der Waals surface area contributed by atoms with Gasteiger partial charge in [-0.15, -0.1) is 12.6 Å². The predicted octanol–water partition coefficient (Wildman–Crippen LogP) is 2.19. The van der Waals surface area contributed by atoms with E-state index in [9.17, 15) is 4.79 Å². The van der Waals surface area contributed by atoms with Crippen LogP contribution in [0.2, 0.25) is 0 Å². The SMILES string of the molecule is O=CC=Cc1cccc(S)c1. The number of hydrogen-bond donors (Lipinski definition) is 1. The van der Waals surface area contributed by atoms with Crippen molar-refractivity contribution >= 4 is 25.0 Å². The Bertz CT molecular complexity index is 279. The van der Waals surface area contributed by atoms with E-state index in [0.29, 0.717) is 0 Å². The number of aldehydes is 1. The lowest BCUT2D eigenvalue weighted by molar-refractivity contribution is -0.104. The van der Waals surface area contributed by atoms with E-state index in [1.165, 1.54) is 6.08 Å². The third kappa shape index (κ3) is 2.60. The average Bonchev–Trinajstić information content (AvgIpc) is 2.01. The van der Waals surface area contributed by atoms with Gasteiger partial charge in [-0.2, -0.15) is 0 Å². The van der Waals surface area contributed by atoms with Gasteiger partial charge in [-0.1, -0.05) is 18.2 Å². The van der Waals surface area contributed by atoms with E-state index in [4.69, 9.17) is 0 Å². The number of thiol groups is 1. The molecule has 0 heterocycles. The Labute approximate surface area is 71.2 Å². The zero-order valence-corrected chi connectivity index (χ0v) is 6.79. The van der Waals surface area contributed by atoms with Gasteiger partial charge < -0.3 is 0 Å². The van der Waals surface area contributed by atoms with Crippen LogP contribution in [0.5, 0.6) is 0 Å². The zero-order valence-electron chi connectivity index (χ0n) is 5.90. The van der Waals surface area contributed by atoms with E-state index in [2.05, 4.69) is 12.6 Å². The van der Waals surface area contributed by atoms with Crippen LogP contribution in [-0.2, 0) is 4.79 Å². The smallest absolute Gasteiger partial charge is 0.142 e. The molecule has 0 fully saturated rings. The molecule has 1 rings (SSSR count). The molecule has 0 amide bonds. The number of carbonyl (C=O) groups is 1. The Kier molecular flexibility index (Phi) is 2.93. The maximum Gasteiger partial charge on any atom is 0.142 e. The van der Waals surface area contributed by atoms with Crippen molar-refractivity contribution in [3.05, 3.63) is 35.9 Å². The largest absolute Gasteiger partial charge is 0.299 e. The third-order valence-corrected chi connectivity index (χ3v) is 1.52. The van der Waals surface area contributed by atoms with Crippen molar-refractivity contribution in [2.45, 2.75) is 4.90 Å². The number of benzene rings is 1. The van der Waals surface area contributed by atoms with Gasteiger partial charge in [0.25, 0.3) is 0 Å². The van der Waals surface area contributed by atoms with Crippen molar-refractivity contribution in [1.29, 1.82) is 0 Å². The van der Waals surface area contributed by atoms with E-state index >= 15 is 0 Å². The van der Waals surface area contributed by atoms with Crippen LogP contribution in [0.1, 0.15) is 5.56 Å². The molecule has 0 aromatic heterocycles. The van der Waals surface area contributed by atoms with Crippen LogP contribution < -0.4 is 0 Å². The van der Waals surface area contributed by atoms with E-state index in [-0.39, 0.29) is 0 Å². The summed E-state index contributed by atoms with van der Waals surface area (Å²) in [6.45, 7) is 0. The summed E-state index contributed by atoms with van der Waals surface area (Å²) in [6, 6.07) is 7.59. The first-order valence-corrected chi connectivity index (χ1v) is 3.68. The molecular weight excluding hydrogens is 156 g/mol. The minimum absolute atomic E-state index is 0.755. The Morgan fingerprint density at radius 1 is 1.36 bits per heavy atom. The predicted molar refractivity (Wildman–Crippen MR) is 48.8 cm³/mol. The molecule has 0 N–H and O–H groups in total. The van der Waals surface area contributed by atoms with Crippen LogP contribution in [0.15, 0.2) is 35.2 Å². The number of carbonyl (C=O) groups excluding carboxylic acids is 1. The summed E-state index contributed by atoms with van der Waals surface area (Å²) in [5.74, 6) is 0. The second kappa shape index (κ2) is 3.98. The normalized spacial score (nSPS) is 10.3. The summed E-state index contributed by atoms with van der Waals surface area (Å²) in [5, 5.41) is 0. The summed E-state index contributed by atoms with van der Waals surface area (Å²) < 4.78 is 0. The highest BCUT2D eigenvalue weighted by Crippen LogP contribution is 2.09. The van der Waals surface area contributed by atoms with Gasteiger partial charge in [0.15, 0.2) is 0 Å². The minimum Gasteiger partial charge on any atom is -0.299 e. The van der Waals surface area contributed by atoms with Crippen molar-refractivity contribution in [3.8, 4) is 0 Å². The summed E-state index contributed by atoms with van der Waals surface area (Å²) in [7, 11) is 0. The van der Waals surface area contributed by atoms with Gasteiger partial charge >= 0.3 is 0 Å². The first-order valence-electron chi connectivity index (χ1n) is 3.24. The first kappa shape index (κ1) is 8.08. The molecule has 0 saturated carbocycles. The van der Waals surface area contributed by atoms with Crippen molar-refractivity contribution in [2.24, 2.45) is 0 Å². The van der Waals surface area contributed by atoms with Crippen LogP contribution >= 0.6 is 12.6 Å². The maximum atomic E-state index is 9.96. The van der Waals surface area contributed by atoms with Crippen LogP contribution in [0, 0.1) is 0 Å². The molecule has 0 bridgehead atoms. The summed E-state index contributed by atoms with van der Waals surface area (Å²) in [5.41, 5.74) is 0.990. The molecule has 2 heteroatoms. The topological polar surface area (TPSA) is 17.1 Å². The fourth-order valence-corrected chi connectivity index (χ4v) is 1.01. The minimum atomic E-state index is 0.755. The van der Waals surface area contributed by atoms with E-state index in [1.807, 2.05) is 24.3 Å². The van der Waals surface area contributed by atoms with Gasteiger partial charge in [0.1, 0.15) is 6.29 Å². The molecule has 1 aromatic rings. The summed E-state index contributed by atoms with van der Waals surface area (Å²) >= 11 is 4.15. The summed E-state index contributed by atoms with van der Waals surface area (Å²) in [4.78, 5) is 10.9. The Hall–Kier alpha value is -1.02.